The van der Waals surface area contributed by atoms with Gasteiger partial charge in [-0.3, -0.25) is 4.79 Å². The fourth-order valence-corrected chi connectivity index (χ4v) is 1.78. The predicted octanol–water partition coefficient (Wildman–Crippen LogP) is 4.31. The topological polar surface area (TPSA) is 26.3 Å². The lowest BCUT2D eigenvalue weighted by Crippen LogP contribution is -2.22. The summed E-state index contributed by atoms with van der Waals surface area (Å²) in [6, 6.07) is 9.92. The lowest BCUT2D eigenvalue weighted by atomic mass is 10.1. The molecule has 0 amide bonds. The Morgan fingerprint density at radius 2 is 2.00 bits per heavy atom. The molecule has 0 bridgehead atoms. The second kappa shape index (κ2) is 8.39. The molecule has 1 rings (SSSR count). The van der Waals surface area contributed by atoms with Crippen molar-refractivity contribution in [1.29, 1.82) is 0 Å². The average Bonchev–Trinajstić information content (AvgIpc) is 2.38. The molecule has 0 fully saturated rings. The number of carbonyl (C=O) groups excluding carboxylic acids is 1. The van der Waals surface area contributed by atoms with Gasteiger partial charge in [0.2, 0.25) is 0 Å². The number of hydrogen-bond acceptors (Lipinski definition) is 2. The minimum Gasteiger partial charge on any atom is -0.461 e. The van der Waals surface area contributed by atoms with E-state index >= 15 is 0 Å². The first-order valence-electron chi connectivity index (χ1n) is 6.20. The van der Waals surface area contributed by atoms with E-state index in [0.717, 1.165) is 5.56 Å². The molecule has 104 valence electrons. The van der Waals surface area contributed by atoms with Crippen LogP contribution in [0.15, 0.2) is 41.4 Å². The van der Waals surface area contributed by atoms with Gasteiger partial charge in [-0.2, -0.15) is 0 Å². The van der Waals surface area contributed by atoms with Crippen molar-refractivity contribution in [2.75, 3.05) is 6.61 Å². The third kappa shape index (κ3) is 6.26. The van der Waals surface area contributed by atoms with Gasteiger partial charge in [0, 0.05) is 11.5 Å². The smallest absolute Gasteiger partial charge is 0.320 e. The molecule has 1 atom stereocenters. The van der Waals surface area contributed by atoms with Crippen LogP contribution in [0.4, 0.5) is 0 Å². The Bertz CT molecular complexity index is 429. The second-order valence-corrected chi connectivity index (χ2v) is 6.06. The maximum atomic E-state index is 11.6. The number of benzene rings is 1. The Morgan fingerprint density at radius 1 is 1.37 bits per heavy atom. The highest BCUT2D eigenvalue weighted by atomic mass is 79.9. The summed E-state index contributed by atoms with van der Waals surface area (Å²) in [5.74, 6) is -0.0494. The summed E-state index contributed by atoms with van der Waals surface area (Å²) < 4.78 is 5.13. The maximum Gasteiger partial charge on any atom is 0.320 e. The molecular weight excluding hydrogens is 328 g/mol. The summed E-state index contributed by atoms with van der Waals surface area (Å²) in [5, 5.41) is 0.676. The van der Waals surface area contributed by atoms with E-state index in [1.54, 1.807) is 6.08 Å². The van der Waals surface area contributed by atoms with Crippen LogP contribution in [-0.2, 0) is 16.0 Å². The normalized spacial score (nSPS) is 13.4. The standard InChI is InChI=1S/C15H18BrClO2/c1-11(2)14(16)15(18)19-9-8-13(17)10-12-6-4-3-5-7-12/h3-8,11,14H,9-10H2,1-2H3/b13-8-. The highest BCUT2D eigenvalue weighted by Crippen LogP contribution is 2.14. The largest absolute Gasteiger partial charge is 0.461 e. The number of hydrogen-bond donors (Lipinski definition) is 0. The minimum absolute atomic E-state index is 0.205. The molecule has 1 aromatic rings. The summed E-state index contributed by atoms with van der Waals surface area (Å²) in [6.07, 6.45) is 2.38. The molecule has 0 heterocycles. The molecule has 1 unspecified atom stereocenters. The molecule has 0 N–H and O–H groups in total. The lowest BCUT2D eigenvalue weighted by molar-refractivity contribution is -0.142. The van der Waals surface area contributed by atoms with Gasteiger partial charge in [-0.25, -0.2) is 0 Å². The quantitative estimate of drug-likeness (QED) is 0.567. The van der Waals surface area contributed by atoms with Crippen LogP contribution in [0, 0.1) is 5.92 Å². The molecule has 0 aliphatic carbocycles. The summed E-state index contributed by atoms with van der Waals surface area (Å²) in [7, 11) is 0. The molecule has 4 heteroatoms. The Kier molecular flexibility index (Phi) is 7.17. The van der Waals surface area contributed by atoms with E-state index in [-0.39, 0.29) is 23.3 Å². The molecule has 0 aliphatic rings. The van der Waals surface area contributed by atoms with Gasteiger partial charge in [-0.05, 0) is 17.6 Å². The number of rotatable bonds is 6. The highest BCUT2D eigenvalue weighted by molar-refractivity contribution is 9.10. The van der Waals surface area contributed by atoms with E-state index in [1.807, 2.05) is 44.2 Å². The van der Waals surface area contributed by atoms with Gasteiger partial charge in [0.1, 0.15) is 11.4 Å². The van der Waals surface area contributed by atoms with Gasteiger partial charge in [0.05, 0.1) is 0 Å². The van der Waals surface area contributed by atoms with Gasteiger partial charge < -0.3 is 4.74 Å². The zero-order valence-corrected chi connectivity index (χ0v) is 13.4. The van der Waals surface area contributed by atoms with Crippen molar-refractivity contribution in [2.24, 2.45) is 5.92 Å². The van der Waals surface area contributed by atoms with Gasteiger partial charge in [0.15, 0.2) is 0 Å². The summed E-state index contributed by atoms with van der Waals surface area (Å²) in [5.41, 5.74) is 1.13. The monoisotopic (exact) mass is 344 g/mol. The van der Waals surface area contributed by atoms with E-state index in [0.29, 0.717) is 11.5 Å². The Labute approximate surface area is 127 Å². The van der Waals surface area contributed by atoms with Crippen LogP contribution in [0.2, 0.25) is 0 Å². The van der Waals surface area contributed by atoms with Crippen molar-refractivity contribution < 1.29 is 9.53 Å². The predicted molar refractivity (Wildman–Crippen MR) is 82.6 cm³/mol. The van der Waals surface area contributed by atoms with E-state index in [2.05, 4.69) is 15.9 Å². The zero-order valence-electron chi connectivity index (χ0n) is 11.1. The molecule has 0 aromatic heterocycles. The lowest BCUT2D eigenvalue weighted by Gasteiger charge is -2.11. The fourth-order valence-electron chi connectivity index (χ4n) is 1.43. The van der Waals surface area contributed by atoms with E-state index < -0.39 is 0 Å². The first kappa shape index (κ1) is 16.3. The first-order chi connectivity index (χ1) is 9.00. The molecule has 2 nitrogen and oxygen atoms in total. The van der Waals surface area contributed by atoms with E-state index in [9.17, 15) is 4.79 Å². The van der Waals surface area contributed by atoms with Gasteiger partial charge >= 0.3 is 5.97 Å². The number of esters is 1. The molecule has 0 aliphatic heterocycles. The molecule has 1 aromatic carbocycles. The van der Waals surface area contributed by atoms with Crippen LogP contribution in [0.5, 0.6) is 0 Å². The maximum absolute atomic E-state index is 11.6. The van der Waals surface area contributed by atoms with Crippen LogP contribution >= 0.6 is 27.5 Å². The van der Waals surface area contributed by atoms with Crippen LogP contribution < -0.4 is 0 Å². The van der Waals surface area contributed by atoms with E-state index in [1.165, 1.54) is 0 Å². The number of alkyl halides is 1. The van der Waals surface area contributed by atoms with Crippen molar-refractivity contribution >= 4 is 33.5 Å². The van der Waals surface area contributed by atoms with Crippen LogP contribution in [0.3, 0.4) is 0 Å². The van der Waals surface area contributed by atoms with Crippen LogP contribution in [0.1, 0.15) is 19.4 Å². The molecular formula is C15H18BrClO2. The first-order valence-corrected chi connectivity index (χ1v) is 7.49. The average molecular weight is 346 g/mol. The van der Waals surface area contributed by atoms with Crippen molar-refractivity contribution in [3.05, 3.63) is 47.0 Å². The second-order valence-electron chi connectivity index (χ2n) is 4.59. The molecule has 0 saturated heterocycles. The highest BCUT2D eigenvalue weighted by Gasteiger charge is 2.19. The number of halogens is 2. The number of carbonyl (C=O) groups is 1. The van der Waals surface area contributed by atoms with Crippen molar-refractivity contribution in [2.45, 2.75) is 25.1 Å². The van der Waals surface area contributed by atoms with Crippen LogP contribution in [-0.4, -0.2) is 17.4 Å². The van der Waals surface area contributed by atoms with Crippen molar-refractivity contribution in [3.8, 4) is 0 Å². The van der Waals surface area contributed by atoms with E-state index in [4.69, 9.17) is 16.3 Å². The minimum atomic E-state index is -0.270. The molecule has 19 heavy (non-hydrogen) atoms. The summed E-state index contributed by atoms with van der Waals surface area (Å²) in [4.78, 5) is 11.3. The SMILES string of the molecule is CC(C)C(Br)C(=O)OC/C=C(\Cl)Cc1ccccc1. The molecule has 0 spiro atoms. The van der Waals surface area contributed by atoms with Crippen molar-refractivity contribution in [3.63, 3.8) is 0 Å². The number of allylic oxidation sites excluding steroid dienone is 1. The van der Waals surface area contributed by atoms with Gasteiger partial charge in [0.25, 0.3) is 0 Å². The zero-order chi connectivity index (χ0) is 14.3. The fraction of sp³-hybridized carbons (Fsp3) is 0.400. The van der Waals surface area contributed by atoms with Gasteiger partial charge in [-0.1, -0.05) is 71.7 Å². The molecule has 0 radical (unpaired) electrons. The third-order valence-corrected chi connectivity index (χ3v) is 4.28. The number of ether oxygens (including phenoxy) is 1. The summed E-state index contributed by atoms with van der Waals surface area (Å²) >= 11 is 9.40. The van der Waals surface area contributed by atoms with Crippen molar-refractivity contribution in [1.82, 2.24) is 0 Å². The Balaban J connectivity index is 2.38. The Morgan fingerprint density at radius 3 is 2.58 bits per heavy atom. The van der Waals surface area contributed by atoms with Gasteiger partial charge in [-0.15, -0.1) is 0 Å². The Hall–Kier alpha value is -0.800. The molecule has 0 saturated carbocycles. The third-order valence-electron chi connectivity index (χ3n) is 2.56. The summed E-state index contributed by atoms with van der Waals surface area (Å²) in [6.45, 7) is 4.12. The van der Waals surface area contributed by atoms with Crippen LogP contribution in [0.25, 0.3) is 0 Å².